The van der Waals surface area contributed by atoms with E-state index in [1.54, 1.807) is 5.32 Å². The minimum absolute atomic E-state index is 0.0281. The number of rotatable bonds is 3. The number of nitrogens with one attached hydrogen (secondary N) is 1. The van der Waals surface area contributed by atoms with Gasteiger partial charge in [0.05, 0.1) is 16.5 Å². The van der Waals surface area contributed by atoms with E-state index in [2.05, 4.69) is 5.16 Å². The zero-order valence-electron chi connectivity index (χ0n) is 17.3. The van der Waals surface area contributed by atoms with Gasteiger partial charge >= 0.3 is 12.4 Å². The minimum atomic E-state index is -4.97. The lowest BCUT2D eigenvalue weighted by Crippen LogP contribution is -2.44. The quantitative estimate of drug-likeness (QED) is 0.385. The zero-order valence-corrected chi connectivity index (χ0v) is 18.8. The van der Waals surface area contributed by atoms with Gasteiger partial charge in [0.2, 0.25) is 0 Å². The topological polar surface area (TPSA) is 53.9 Å². The Labute approximate surface area is 203 Å². The summed E-state index contributed by atoms with van der Waals surface area (Å²) in [6.07, 6.45) is -10.3. The molecule has 4 rings (SSSR count). The first kappa shape index (κ1) is 25.4. The summed E-state index contributed by atoms with van der Waals surface area (Å²) in [5.74, 6) is -2.08. The third kappa shape index (κ3) is 4.86. The van der Waals surface area contributed by atoms with Crippen molar-refractivity contribution in [2.45, 2.75) is 37.5 Å². The van der Waals surface area contributed by atoms with Crippen molar-refractivity contribution in [3.8, 4) is 0 Å². The molecule has 1 unspecified atom stereocenters. The first-order valence-electron chi connectivity index (χ1n) is 9.89. The number of halogens is 9. The van der Waals surface area contributed by atoms with Gasteiger partial charge in [-0.2, -0.15) is 26.3 Å². The van der Waals surface area contributed by atoms with Crippen LogP contribution in [0.3, 0.4) is 0 Å². The molecule has 2 aliphatic heterocycles. The molecular formula is C21H14Cl2F7N3O2. The lowest BCUT2D eigenvalue weighted by atomic mass is 9.89. The standard InChI is InChI=1S/C21H14Cl2F7N3O2/c22-14-4-13(5-15(23)17(14)24)19(21(28,29)30)6-16(32-35-19)33-7-11-2-1-10(3-12(11)8-33)18(34)31-9-20(25,26)27/h1-5H,6-9H2,(H,31,34). The number of nitrogens with zero attached hydrogens (tertiary/aromatic N) is 2. The highest BCUT2D eigenvalue weighted by Gasteiger charge is 2.63. The molecule has 14 heteroatoms. The van der Waals surface area contributed by atoms with Crippen molar-refractivity contribution in [2.75, 3.05) is 6.54 Å². The smallest absolute Gasteiger partial charge is 0.372 e. The summed E-state index contributed by atoms with van der Waals surface area (Å²) in [4.78, 5) is 18.4. The number of carbonyl (C=O) groups is 1. The van der Waals surface area contributed by atoms with Gasteiger partial charge in [-0.3, -0.25) is 4.79 Å². The zero-order chi connectivity index (χ0) is 25.8. The number of hydrogen-bond acceptors (Lipinski definition) is 4. The van der Waals surface area contributed by atoms with Crippen LogP contribution in [-0.2, 0) is 23.5 Å². The fourth-order valence-electron chi connectivity index (χ4n) is 3.85. The van der Waals surface area contributed by atoms with Crippen molar-refractivity contribution in [1.82, 2.24) is 10.2 Å². The van der Waals surface area contributed by atoms with Crippen LogP contribution in [0.2, 0.25) is 10.0 Å². The monoisotopic (exact) mass is 543 g/mol. The Morgan fingerprint density at radius 3 is 2.29 bits per heavy atom. The molecule has 1 amide bonds. The SMILES string of the molecule is O=C(NCC(F)(F)F)c1ccc2c(c1)CN(C1=NOC(c3cc(Cl)c(F)c(Cl)c3)(C(F)(F)F)C1)C2. The van der Waals surface area contributed by atoms with Crippen molar-refractivity contribution in [3.63, 3.8) is 0 Å². The van der Waals surface area contributed by atoms with Crippen LogP contribution in [0.1, 0.15) is 33.5 Å². The molecule has 0 fully saturated rings. The molecule has 0 bridgehead atoms. The van der Waals surface area contributed by atoms with Crippen molar-refractivity contribution >= 4 is 34.9 Å². The Hall–Kier alpha value is -2.73. The molecule has 0 saturated heterocycles. The molecular weight excluding hydrogens is 530 g/mol. The maximum Gasteiger partial charge on any atom is 0.435 e. The largest absolute Gasteiger partial charge is 0.435 e. The summed E-state index contributed by atoms with van der Waals surface area (Å²) in [5, 5.41) is 4.17. The summed E-state index contributed by atoms with van der Waals surface area (Å²) in [6.45, 7) is -1.34. The fraction of sp³-hybridized carbons (Fsp3) is 0.333. The molecule has 2 aromatic rings. The Morgan fingerprint density at radius 2 is 1.69 bits per heavy atom. The van der Waals surface area contributed by atoms with Crippen molar-refractivity contribution in [1.29, 1.82) is 0 Å². The first-order chi connectivity index (χ1) is 16.2. The molecule has 0 aromatic heterocycles. The average Bonchev–Trinajstić information content (AvgIpc) is 3.39. The van der Waals surface area contributed by atoms with E-state index in [-0.39, 0.29) is 24.5 Å². The average molecular weight is 544 g/mol. The Kier molecular flexibility index (Phi) is 6.33. The van der Waals surface area contributed by atoms with Crippen molar-refractivity contribution in [3.05, 3.63) is 68.4 Å². The second-order valence-electron chi connectivity index (χ2n) is 7.99. The van der Waals surface area contributed by atoms with Crippen LogP contribution in [0.4, 0.5) is 30.7 Å². The van der Waals surface area contributed by atoms with Gasteiger partial charge in [0.15, 0.2) is 5.82 Å². The van der Waals surface area contributed by atoms with Gasteiger partial charge in [-0.1, -0.05) is 34.4 Å². The second kappa shape index (κ2) is 8.74. The molecule has 0 radical (unpaired) electrons. The van der Waals surface area contributed by atoms with E-state index >= 15 is 0 Å². The van der Waals surface area contributed by atoms with E-state index in [9.17, 15) is 35.5 Å². The van der Waals surface area contributed by atoms with Crippen LogP contribution in [0, 0.1) is 5.82 Å². The maximum absolute atomic E-state index is 14.2. The van der Waals surface area contributed by atoms with Crippen LogP contribution in [0.15, 0.2) is 35.5 Å². The fourth-order valence-corrected chi connectivity index (χ4v) is 4.33. The molecule has 188 valence electrons. The third-order valence-corrected chi connectivity index (χ3v) is 6.18. The molecule has 0 spiro atoms. The molecule has 5 nitrogen and oxygen atoms in total. The normalized spacial score (nSPS) is 19.9. The minimum Gasteiger partial charge on any atom is -0.372 e. The van der Waals surface area contributed by atoms with Crippen LogP contribution < -0.4 is 5.32 Å². The number of oxime groups is 1. The van der Waals surface area contributed by atoms with Gasteiger partial charge in [-0.05, 0) is 35.4 Å². The lowest BCUT2D eigenvalue weighted by Gasteiger charge is -2.30. The van der Waals surface area contributed by atoms with E-state index in [0.29, 0.717) is 11.1 Å². The predicted molar refractivity (Wildman–Crippen MR) is 111 cm³/mol. The second-order valence-corrected chi connectivity index (χ2v) is 8.81. The Bertz CT molecular complexity index is 1190. The molecule has 1 atom stereocenters. The third-order valence-electron chi connectivity index (χ3n) is 5.63. The van der Waals surface area contributed by atoms with E-state index in [0.717, 1.165) is 12.1 Å². The van der Waals surface area contributed by atoms with Crippen LogP contribution >= 0.6 is 23.2 Å². The number of amidine groups is 1. The van der Waals surface area contributed by atoms with E-state index < -0.39 is 58.3 Å². The Morgan fingerprint density at radius 1 is 1.06 bits per heavy atom. The van der Waals surface area contributed by atoms with Gasteiger partial charge in [0, 0.05) is 24.2 Å². The number of benzene rings is 2. The first-order valence-corrected chi connectivity index (χ1v) is 10.6. The number of alkyl halides is 6. The highest BCUT2D eigenvalue weighted by Crippen LogP contribution is 2.50. The maximum atomic E-state index is 14.2. The molecule has 2 aromatic carbocycles. The molecule has 2 aliphatic rings. The van der Waals surface area contributed by atoms with Gasteiger partial charge in [-0.15, -0.1) is 0 Å². The van der Waals surface area contributed by atoms with Crippen molar-refractivity contribution in [2.24, 2.45) is 5.16 Å². The van der Waals surface area contributed by atoms with Crippen LogP contribution in [0.5, 0.6) is 0 Å². The van der Waals surface area contributed by atoms with Gasteiger partial charge in [-0.25, -0.2) is 4.39 Å². The lowest BCUT2D eigenvalue weighted by molar-refractivity contribution is -0.275. The molecule has 35 heavy (non-hydrogen) atoms. The van der Waals surface area contributed by atoms with E-state index in [1.807, 2.05) is 0 Å². The van der Waals surface area contributed by atoms with E-state index in [1.165, 1.54) is 23.1 Å². The van der Waals surface area contributed by atoms with Crippen LogP contribution in [-0.4, -0.2) is 35.5 Å². The summed E-state index contributed by atoms with van der Waals surface area (Å²) < 4.78 is 93.3. The van der Waals surface area contributed by atoms with E-state index in [4.69, 9.17) is 28.0 Å². The predicted octanol–water partition coefficient (Wildman–Crippen LogP) is 5.93. The Balaban J connectivity index is 1.54. The summed E-state index contributed by atoms with van der Waals surface area (Å²) in [7, 11) is 0. The molecule has 2 heterocycles. The number of carbonyl (C=O) groups excluding carboxylic acids is 1. The summed E-state index contributed by atoms with van der Waals surface area (Å²) in [6, 6.07) is 5.75. The number of fused-ring (bicyclic) bond motifs is 1. The molecule has 0 saturated carbocycles. The summed E-state index contributed by atoms with van der Waals surface area (Å²) in [5.41, 5.74) is -2.33. The summed E-state index contributed by atoms with van der Waals surface area (Å²) >= 11 is 11.4. The number of hydrogen-bond donors (Lipinski definition) is 1. The van der Waals surface area contributed by atoms with Gasteiger partial charge in [0.25, 0.3) is 11.5 Å². The molecule has 1 N–H and O–H groups in total. The van der Waals surface area contributed by atoms with Crippen molar-refractivity contribution < 1.29 is 40.4 Å². The van der Waals surface area contributed by atoms with Gasteiger partial charge in [0.1, 0.15) is 12.4 Å². The highest BCUT2D eigenvalue weighted by molar-refractivity contribution is 6.35. The number of amides is 1. The highest BCUT2D eigenvalue weighted by atomic mass is 35.5. The van der Waals surface area contributed by atoms with Gasteiger partial charge < -0.3 is 15.1 Å². The van der Waals surface area contributed by atoms with Crippen LogP contribution in [0.25, 0.3) is 0 Å². The molecule has 0 aliphatic carbocycles.